The van der Waals surface area contributed by atoms with Gasteiger partial charge in [0.1, 0.15) is 11.5 Å². The molecule has 1 aromatic carbocycles. The van der Waals surface area contributed by atoms with Crippen LogP contribution in [-0.4, -0.2) is 22.2 Å². The summed E-state index contributed by atoms with van der Waals surface area (Å²) in [6.45, 7) is 2.01. The molecule has 1 heterocycles. The first-order chi connectivity index (χ1) is 11.1. The van der Waals surface area contributed by atoms with Crippen molar-refractivity contribution in [1.82, 2.24) is 4.98 Å². The summed E-state index contributed by atoms with van der Waals surface area (Å²) in [5.74, 6) is -1.05. The lowest BCUT2D eigenvalue weighted by atomic mass is 10.2. The molecule has 8 heteroatoms. The van der Waals surface area contributed by atoms with E-state index in [1.165, 1.54) is 0 Å². The molecule has 0 spiro atoms. The van der Waals surface area contributed by atoms with E-state index < -0.39 is 12.1 Å². The maximum atomic E-state index is 11.5. The predicted octanol–water partition coefficient (Wildman–Crippen LogP) is 3.47. The van der Waals surface area contributed by atoms with Crippen molar-refractivity contribution < 1.29 is 24.3 Å². The number of nitrogens with one attached hydrogen (secondary N) is 1. The normalized spacial score (nSPS) is 10.1. The Bertz CT molecular complexity index is 672. The number of carboxylic acids is 1. The number of aromatic nitrogens is 1. The third-order valence-corrected chi connectivity index (χ3v) is 3.78. The SMILES string of the molecule is CCCc1nc(NOC(=O)OCc2ccccc2)sc1C(=O)O. The van der Waals surface area contributed by atoms with Crippen molar-refractivity contribution in [2.75, 3.05) is 5.48 Å². The first-order valence-electron chi connectivity index (χ1n) is 6.96. The van der Waals surface area contributed by atoms with Crippen LogP contribution < -0.4 is 5.48 Å². The van der Waals surface area contributed by atoms with E-state index in [0.29, 0.717) is 12.1 Å². The minimum Gasteiger partial charge on any atom is -0.477 e. The van der Waals surface area contributed by atoms with Gasteiger partial charge in [-0.25, -0.2) is 14.6 Å². The van der Waals surface area contributed by atoms with Crippen LogP contribution in [0.3, 0.4) is 0 Å². The van der Waals surface area contributed by atoms with E-state index in [-0.39, 0.29) is 16.6 Å². The van der Waals surface area contributed by atoms with E-state index in [2.05, 4.69) is 10.5 Å². The van der Waals surface area contributed by atoms with Crippen molar-refractivity contribution >= 4 is 28.6 Å². The fourth-order valence-electron chi connectivity index (χ4n) is 1.80. The van der Waals surface area contributed by atoms with Crippen LogP contribution in [0.15, 0.2) is 30.3 Å². The standard InChI is InChI=1S/C15H16N2O5S/c1-2-6-11-12(13(18)19)23-14(16-11)17-22-15(20)21-9-10-7-4-3-5-8-10/h3-5,7-8H,2,6,9H2,1H3,(H,16,17)(H,18,19). The molecular formula is C15H16N2O5S. The highest BCUT2D eigenvalue weighted by Crippen LogP contribution is 2.24. The van der Waals surface area contributed by atoms with E-state index in [4.69, 9.17) is 14.7 Å². The molecule has 0 bridgehead atoms. The van der Waals surface area contributed by atoms with Gasteiger partial charge in [-0.1, -0.05) is 55.0 Å². The summed E-state index contributed by atoms with van der Waals surface area (Å²) < 4.78 is 4.92. The Labute approximate surface area is 136 Å². The number of anilines is 1. The molecule has 1 aromatic heterocycles. The number of carbonyl (C=O) groups is 2. The van der Waals surface area contributed by atoms with E-state index in [0.717, 1.165) is 23.3 Å². The molecule has 2 N–H and O–H groups in total. The monoisotopic (exact) mass is 336 g/mol. The molecule has 0 amide bonds. The van der Waals surface area contributed by atoms with E-state index in [1.54, 1.807) is 0 Å². The van der Waals surface area contributed by atoms with Crippen LogP contribution in [0.2, 0.25) is 0 Å². The average molecular weight is 336 g/mol. The molecule has 122 valence electrons. The second-order valence-electron chi connectivity index (χ2n) is 4.58. The highest BCUT2D eigenvalue weighted by atomic mass is 32.1. The molecule has 0 aliphatic heterocycles. The Hall–Kier alpha value is -2.61. The number of rotatable bonds is 7. The van der Waals surface area contributed by atoms with Gasteiger partial charge in [-0.05, 0) is 12.0 Å². The maximum Gasteiger partial charge on any atom is 0.533 e. The fraction of sp³-hybridized carbons (Fsp3) is 0.267. The van der Waals surface area contributed by atoms with Crippen LogP contribution in [0, 0.1) is 0 Å². The van der Waals surface area contributed by atoms with Crippen molar-refractivity contribution in [3.8, 4) is 0 Å². The molecule has 0 saturated heterocycles. The van der Waals surface area contributed by atoms with Gasteiger partial charge < -0.3 is 14.7 Å². The van der Waals surface area contributed by atoms with Crippen molar-refractivity contribution in [3.05, 3.63) is 46.5 Å². The summed E-state index contributed by atoms with van der Waals surface area (Å²) in [5, 5.41) is 9.30. The first kappa shape index (κ1) is 16.8. The molecule has 0 radical (unpaired) electrons. The van der Waals surface area contributed by atoms with Gasteiger partial charge in [0.2, 0.25) is 5.13 Å². The summed E-state index contributed by atoms with van der Waals surface area (Å²) in [5.41, 5.74) is 3.62. The van der Waals surface area contributed by atoms with Crippen molar-refractivity contribution in [2.45, 2.75) is 26.4 Å². The van der Waals surface area contributed by atoms with Gasteiger partial charge in [-0.15, -0.1) is 0 Å². The van der Waals surface area contributed by atoms with Crippen LogP contribution in [-0.2, 0) is 22.6 Å². The summed E-state index contributed by atoms with van der Waals surface area (Å²) in [4.78, 5) is 31.6. The van der Waals surface area contributed by atoms with Crippen LogP contribution >= 0.6 is 11.3 Å². The van der Waals surface area contributed by atoms with Crippen molar-refractivity contribution in [2.24, 2.45) is 0 Å². The van der Waals surface area contributed by atoms with Crippen LogP contribution in [0.5, 0.6) is 0 Å². The van der Waals surface area contributed by atoms with Gasteiger partial charge in [0.05, 0.1) is 5.69 Å². The molecule has 0 aliphatic carbocycles. The molecule has 0 fully saturated rings. The number of benzene rings is 1. The molecule has 0 atom stereocenters. The highest BCUT2D eigenvalue weighted by molar-refractivity contribution is 7.17. The molecule has 23 heavy (non-hydrogen) atoms. The minimum atomic E-state index is -1.05. The number of thiazole rings is 1. The Morgan fingerprint density at radius 3 is 2.70 bits per heavy atom. The Morgan fingerprint density at radius 2 is 2.04 bits per heavy atom. The lowest BCUT2D eigenvalue weighted by molar-refractivity contribution is 0.0658. The summed E-state index contributed by atoms with van der Waals surface area (Å²) in [6.07, 6.45) is 0.389. The van der Waals surface area contributed by atoms with Gasteiger partial charge in [-0.2, -0.15) is 5.48 Å². The van der Waals surface area contributed by atoms with Gasteiger partial charge in [-0.3, -0.25) is 0 Å². The minimum absolute atomic E-state index is 0.0840. The van der Waals surface area contributed by atoms with Crippen molar-refractivity contribution in [1.29, 1.82) is 0 Å². The predicted molar refractivity (Wildman–Crippen MR) is 84.4 cm³/mol. The molecule has 7 nitrogen and oxygen atoms in total. The number of carbonyl (C=O) groups excluding carboxylic acids is 1. The lowest BCUT2D eigenvalue weighted by Gasteiger charge is -2.05. The fourth-order valence-corrected chi connectivity index (χ4v) is 2.59. The second kappa shape index (κ2) is 8.14. The van der Waals surface area contributed by atoms with E-state index >= 15 is 0 Å². The summed E-state index contributed by atoms with van der Waals surface area (Å²) in [6, 6.07) is 9.16. The van der Waals surface area contributed by atoms with Gasteiger partial charge in [0, 0.05) is 0 Å². The number of hydrogen-bond acceptors (Lipinski definition) is 7. The largest absolute Gasteiger partial charge is 0.533 e. The zero-order chi connectivity index (χ0) is 16.7. The van der Waals surface area contributed by atoms with Crippen LogP contribution in [0.25, 0.3) is 0 Å². The first-order valence-corrected chi connectivity index (χ1v) is 7.78. The number of hydrogen-bond donors (Lipinski definition) is 2. The second-order valence-corrected chi connectivity index (χ2v) is 5.58. The zero-order valence-corrected chi connectivity index (χ0v) is 13.3. The van der Waals surface area contributed by atoms with E-state index in [9.17, 15) is 9.59 Å². The lowest BCUT2D eigenvalue weighted by Crippen LogP contribution is -2.12. The molecule has 2 rings (SSSR count). The quantitative estimate of drug-likeness (QED) is 0.590. The molecule has 2 aromatic rings. The number of aryl methyl sites for hydroxylation is 1. The number of ether oxygens (including phenoxy) is 1. The molecule has 0 unspecified atom stereocenters. The Morgan fingerprint density at radius 1 is 1.30 bits per heavy atom. The number of aromatic carboxylic acids is 1. The number of nitrogens with zero attached hydrogens (tertiary/aromatic N) is 1. The van der Waals surface area contributed by atoms with Gasteiger partial charge in [0.25, 0.3) is 0 Å². The highest BCUT2D eigenvalue weighted by Gasteiger charge is 2.17. The van der Waals surface area contributed by atoms with E-state index in [1.807, 2.05) is 37.3 Å². The molecule has 0 saturated carbocycles. The summed E-state index contributed by atoms with van der Waals surface area (Å²) in [7, 11) is 0. The average Bonchev–Trinajstić information content (AvgIpc) is 2.95. The Kier molecular flexibility index (Phi) is 5.93. The summed E-state index contributed by atoms with van der Waals surface area (Å²) >= 11 is 0.909. The third-order valence-electron chi connectivity index (χ3n) is 2.80. The topological polar surface area (TPSA) is 97.8 Å². The van der Waals surface area contributed by atoms with Crippen molar-refractivity contribution in [3.63, 3.8) is 0 Å². The maximum absolute atomic E-state index is 11.5. The van der Waals surface area contributed by atoms with Gasteiger partial charge >= 0.3 is 12.1 Å². The Balaban J connectivity index is 1.86. The van der Waals surface area contributed by atoms with Crippen LogP contribution in [0.4, 0.5) is 9.93 Å². The van der Waals surface area contributed by atoms with Gasteiger partial charge in [0.15, 0.2) is 0 Å². The smallest absolute Gasteiger partial charge is 0.477 e. The molecule has 0 aliphatic rings. The van der Waals surface area contributed by atoms with Crippen LogP contribution in [0.1, 0.15) is 34.3 Å². The molecular weight excluding hydrogens is 320 g/mol. The third kappa shape index (κ3) is 4.96. The number of carboxylic acid groups (broad SMARTS) is 1. The zero-order valence-electron chi connectivity index (χ0n) is 12.4.